The Bertz CT molecular complexity index is 1370. The van der Waals surface area contributed by atoms with Gasteiger partial charge in [-0.2, -0.15) is 0 Å². The molecule has 1 N–H and O–H groups in total. The number of hydrogen-bond donors (Lipinski definition) is 1. The maximum atomic E-state index is 12.4. The SMILES string of the molecule is COCCC(=O)N(C)c1cccc(COC2CN(C(=O)O)CCC2c2ccc(OCCCOCc3ccccc3OC)cc2)c1. The van der Waals surface area contributed by atoms with Crippen LogP contribution in [0.25, 0.3) is 0 Å². The van der Waals surface area contributed by atoms with Crippen LogP contribution in [0.15, 0.2) is 72.8 Å². The fourth-order valence-corrected chi connectivity index (χ4v) is 5.37. The molecule has 242 valence electrons. The minimum absolute atomic E-state index is 0.0273. The molecule has 0 aromatic heterocycles. The molecule has 45 heavy (non-hydrogen) atoms. The summed E-state index contributed by atoms with van der Waals surface area (Å²) < 4.78 is 28.5. The molecule has 1 aliphatic heterocycles. The smallest absolute Gasteiger partial charge is 0.407 e. The Hall–Kier alpha value is -4.12. The number of methoxy groups -OCH3 is 2. The predicted octanol–water partition coefficient (Wildman–Crippen LogP) is 5.73. The van der Waals surface area contributed by atoms with Crippen LogP contribution in [0.2, 0.25) is 0 Å². The first kappa shape index (κ1) is 33.8. The van der Waals surface area contributed by atoms with Crippen molar-refractivity contribution in [2.75, 3.05) is 59.1 Å². The summed E-state index contributed by atoms with van der Waals surface area (Å²) in [6, 6.07) is 23.4. The number of nitrogens with zero attached hydrogens (tertiary/aromatic N) is 2. The summed E-state index contributed by atoms with van der Waals surface area (Å²) in [7, 11) is 4.97. The molecule has 4 rings (SSSR count). The van der Waals surface area contributed by atoms with Crippen molar-refractivity contribution in [3.63, 3.8) is 0 Å². The van der Waals surface area contributed by atoms with E-state index < -0.39 is 6.09 Å². The number of amides is 2. The van der Waals surface area contributed by atoms with Crippen LogP contribution < -0.4 is 14.4 Å². The van der Waals surface area contributed by atoms with Gasteiger partial charge in [0.25, 0.3) is 0 Å². The van der Waals surface area contributed by atoms with Crippen LogP contribution in [0.5, 0.6) is 11.5 Å². The van der Waals surface area contributed by atoms with E-state index in [1.165, 1.54) is 4.90 Å². The summed E-state index contributed by atoms with van der Waals surface area (Å²) in [5, 5.41) is 9.66. The standard InChI is InChI=1S/C35H44N2O8/c1-36(34(38)17-21-41-2)29-10-6-8-26(22-29)24-45-33-23-37(35(39)40)18-16-31(33)27-12-14-30(15-13-27)44-20-7-19-43-25-28-9-4-5-11-32(28)42-3/h4-6,8-15,22,31,33H,7,16-21,23-25H2,1-3H3,(H,39,40). The quantitative estimate of drug-likeness (QED) is 0.202. The first-order chi connectivity index (χ1) is 21.9. The van der Waals surface area contributed by atoms with Crippen molar-refractivity contribution in [2.45, 2.75) is 44.5 Å². The van der Waals surface area contributed by atoms with Crippen LogP contribution in [0, 0.1) is 0 Å². The highest BCUT2D eigenvalue weighted by Gasteiger charge is 2.33. The van der Waals surface area contributed by atoms with Gasteiger partial charge in [-0.05, 0) is 47.9 Å². The molecule has 0 radical (unpaired) electrons. The van der Waals surface area contributed by atoms with Gasteiger partial charge in [0, 0.05) is 44.3 Å². The summed E-state index contributed by atoms with van der Waals surface area (Å²) in [6.07, 6.45) is 0.421. The molecule has 3 aromatic rings. The Morgan fingerprint density at radius 3 is 2.51 bits per heavy atom. The van der Waals surface area contributed by atoms with Crippen molar-refractivity contribution in [1.29, 1.82) is 0 Å². The van der Waals surface area contributed by atoms with E-state index in [0.717, 1.165) is 40.3 Å². The van der Waals surface area contributed by atoms with E-state index in [4.69, 9.17) is 23.7 Å². The second-order valence-electron chi connectivity index (χ2n) is 11.0. The van der Waals surface area contributed by atoms with E-state index in [0.29, 0.717) is 52.4 Å². The van der Waals surface area contributed by atoms with Crippen molar-refractivity contribution >= 4 is 17.7 Å². The zero-order chi connectivity index (χ0) is 32.0. The summed E-state index contributed by atoms with van der Waals surface area (Å²) >= 11 is 0. The van der Waals surface area contributed by atoms with Crippen LogP contribution in [0.1, 0.15) is 41.9 Å². The van der Waals surface area contributed by atoms with Crippen LogP contribution in [0.4, 0.5) is 10.5 Å². The van der Waals surface area contributed by atoms with Crippen LogP contribution in [0.3, 0.4) is 0 Å². The second kappa shape index (κ2) is 17.4. The largest absolute Gasteiger partial charge is 0.496 e. The Balaban J connectivity index is 1.30. The summed E-state index contributed by atoms with van der Waals surface area (Å²) in [6.45, 7) is 2.96. The normalized spacial score (nSPS) is 16.3. The molecule has 0 aliphatic carbocycles. The average Bonchev–Trinajstić information content (AvgIpc) is 3.07. The van der Waals surface area contributed by atoms with E-state index in [1.807, 2.05) is 72.8 Å². The summed E-state index contributed by atoms with van der Waals surface area (Å²) in [5.41, 5.74) is 3.76. The molecular weight excluding hydrogens is 576 g/mol. The number of benzene rings is 3. The van der Waals surface area contributed by atoms with Crippen molar-refractivity contribution in [3.05, 3.63) is 89.5 Å². The molecule has 3 aromatic carbocycles. The predicted molar refractivity (Wildman–Crippen MR) is 171 cm³/mol. The molecule has 0 saturated carbocycles. The summed E-state index contributed by atoms with van der Waals surface area (Å²) in [4.78, 5) is 27.2. The van der Waals surface area contributed by atoms with Crippen molar-refractivity contribution < 1.29 is 38.4 Å². The van der Waals surface area contributed by atoms with Gasteiger partial charge in [-0.15, -0.1) is 0 Å². The highest BCUT2D eigenvalue weighted by Crippen LogP contribution is 2.32. The molecule has 2 amide bonds. The number of rotatable bonds is 16. The summed E-state index contributed by atoms with van der Waals surface area (Å²) in [5.74, 6) is 1.58. The maximum Gasteiger partial charge on any atom is 0.407 e. The van der Waals surface area contributed by atoms with Crippen molar-refractivity contribution in [3.8, 4) is 11.5 Å². The third kappa shape index (κ3) is 9.94. The highest BCUT2D eigenvalue weighted by atomic mass is 16.5. The topological polar surface area (TPSA) is 107 Å². The van der Waals surface area contributed by atoms with Gasteiger partial charge in [0.05, 0.1) is 59.2 Å². The van der Waals surface area contributed by atoms with Crippen LogP contribution in [-0.2, 0) is 32.2 Å². The van der Waals surface area contributed by atoms with E-state index in [9.17, 15) is 14.7 Å². The fraction of sp³-hybridized carbons (Fsp3) is 0.429. The Morgan fingerprint density at radius 1 is 0.956 bits per heavy atom. The number of carbonyl (C=O) groups excluding carboxylic acids is 1. The monoisotopic (exact) mass is 620 g/mol. The zero-order valence-corrected chi connectivity index (χ0v) is 26.4. The van der Waals surface area contributed by atoms with Gasteiger partial charge < -0.3 is 38.6 Å². The van der Waals surface area contributed by atoms with E-state index in [-0.39, 0.29) is 24.5 Å². The Labute approximate surface area is 265 Å². The van der Waals surface area contributed by atoms with Gasteiger partial charge >= 0.3 is 6.09 Å². The van der Waals surface area contributed by atoms with Crippen molar-refractivity contribution in [1.82, 2.24) is 4.90 Å². The van der Waals surface area contributed by atoms with Gasteiger partial charge in [-0.3, -0.25) is 4.79 Å². The molecule has 2 unspecified atom stereocenters. The molecular formula is C35H44N2O8. The number of hydrogen-bond acceptors (Lipinski definition) is 7. The lowest BCUT2D eigenvalue weighted by Gasteiger charge is -2.37. The number of anilines is 1. The molecule has 1 heterocycles. The minimum atomic E-state index is -0.948. The van der Waals surface area contributed by atoms with E-state index in [1.54, 1.807) is 26.2 Å². The molecule has 0 spiro atoms. The molecule has 1 aliphatic rings. The van der Waals surface area contributed by atoms with E-state index in [2.05, 4.69) is 0 Å². The number of piperidine rings is 1. The molecule has 2 atom stereocenters. The lowest BCUT2D eigenvalue weighted by atomic mass is 9.87. The molecule has 0 bridgehead atoms. The minimum Gasteiger partial charge on any atom is -0.496 e. The van der Waals surface area contributed by atoms with Gasteiger partial charge in [0.15, 0.2) is 0 Å². The van der Waals surface area contributed by atoms with Crippen LogP contribution >= 0.6 is 0 Å². The van der Waals surface area contributed by atoms with E-state index >= 15 is 0 Å². The Kier molecular flexibility index (Phi) is 13.0. The van der Waals surface area contributed by atoms with Crippen LogP contribution in [-0.4, -0.2) is 82.3 Å². The molecule has 1 saturated heterocycles. The number of carbonyl (C=O) groups is 2. The van der Waals surface area contributed by atoms with Gasteiger partial charge in [-0.1, -0.05) is 42.5 Å². The second-order valence-corrected chi connectivity index (χ2v) is 11.0. The van der Waals surface area contributed by atoms with Crippen molar-refractivity contribution in [2.24, 2.45) is 0 Å². The third-order valence-electron chi connectivity index (χ3n) is 7.95. The van der Waals surface area contributed by atoms with Gasteiger partial charge in [-0.25, -0.2) is 4.79 Å². The van der Waals surface area contributed by atoms with Gasteiger partial charge in [0.2, 0.25) is 5.91 Å². The lowest BCUT2D eigenvalue weighted by molar-refractivity contribution is -0.119. The number of likely N-dealkylation sites (tertiary alicyclic amines) is 1. The molecule has 10 heteroatoms. The fourth-order valence-electron chi connectivity index (χ4n) is 5.37. The third-order valence-corrected chi connectivity index (χ3v) is 7.95. The maximum absolute atomic E-state index is 12.4. The highest BCUT2D eigenvalue weighted by molar-refractivity contribution is 5.92. The molecule has 1 fully saturated rings. The average molecular weight is 621 g/mol. The number of para-hydroxylation sites is 1. The van der Waals surface area contributed by atoms with Gasteiger partial charge in [0.1, 0.15) is 11.5 Å². The first-order valence-electron chi connectivity index (χ1n) is 15.3. The number of carboxylic acid groups (broad SMARTS) is 1. The first-order valence-corrected chi connectivity index (χ1v) is 15.3. The molecule has 10 nitrogen and oxygen atoms in total. The number of ether oxygens (including phenoxy) is 5. The zero-order valence-electron chi connectivity index (χ0n) is 26.4. The Morgan fingerprint density at radius 2 is 1.76 bits per heavy atom. The lowest BCUT2D eigenvalue weighted by Crippen LogP contribution is -2.46.